The Balaban J connectivity index is 2.20. The molecule has 0 aliphatic heterocycles. The van der Waals surface area contributed by atoms with Crippen molar-refractivity contribution in [3.8, 4) is 5.75 Å². The van der Waals surface area contributed by atoms with Crippen LogP contribution < -0.4 is 15.6 Å². The first-order chi connectivity index (χ1) is 16.3. The maximum absolute atomic E-state index is 12.2. The Hall–Kier alpha value is -3.21. The van der Waals surface area contributed by atoms with Gasteiger partial charge < -0.3 is 10.2 Å². The van der Waals surface area contributed by atoms with E-state index < -0.39 is 13.7 Å². The third-order valence-corrected chi connectivity index (χ3v) is 12.9. The van der Waals surface area contributed by atoms with E-state index in [9.17, 15) is 10.2 Å². The molecule has 1 unspecified atom stereocenters. The molecule has 0 aliphatic rings. The van der Waals surface area contributed by atoms with E-state index >= 15 is 0 Å². The van der Waals surface area contributed by atoms with Crippen LogP contribution in [0, 0.1) is 0 Å². The molecular weight excluding hydrogens is 434 g/mol. The molecular formula is C30H33NO2Si. The smallest absolute Gasteiger partial charge is 0.158 e. The summed E-state index contributed by atoms with van der Waals surface area (Å²) in [5.41, 5.74) is -0.0344. The minimum Gasteiger partial charge on any atom is -0.508 e. The average molecular weight is 468 g/mol. The lowest BCUT2D eigenvalue weighted by Crippen LogP contribution is -2.73. The van der Waals surface area contributed by atoms with Crippen molar-refractivity contribution in [1.82, 2.24) is 4.98 Å². The van der Waals surface area contributed by atoms with Crippen LogP contribution in [0.15, 0.2) is 103 Å². The summed E-state index contributed by atoms with van der Waals surface area (Å²) in [7, 11) is -2.91. The third-order valence-electron chi connectivity index (χ3n) is 7.00. The zero-order valence-electron chi connectivity index (χ0n) is 20.4. The van der Waals surface area contributed by atoms with E-state index in [1.807, 2.05) is 49.4 Å². The zero-order chi connectivity index (χ0) is 24.4. The Bertz CT molecular complexity index is 1200. The monoisotopic (exact) mass is 467 g/mol. The number of benzene rings is 3. The number of hydrogen-bond acceptors (Lipinski definition) is 3. The van der Waals surface area contributed by atoms with E-state index in [4.69, 9.17) is 0 Å². The summed E-state index contributed by atoms with van der Waals surface area (Å²) in [5.74, 6) is 0.217. The van der Waals surface area contributed by atoms with Gasteiger partial charge in [-0.3, -0.25) is 4.98 Å². The Kier molecular flexibility index (Phi) is 6.48. The summed E-state index contributed by atoms with van der Waals surface area (Å²) in [6, 6.07) is 32.2. The van der Waals surface area contributed by atoms with Crippen LogP contribution in [0.4, 0.5) is 0 Å². The van der Waals surface area contributed by atoms with E-state index in [1.165, 1.54) is 10.4 Å². The fourth-order valence-electron chi connectivity index (χ4n) is 5.47. The van der Waals surface area contributed by atoms with Crippen LogP contribution in [-0.2, 0) is 5.60 Å². The van der Waals surface area contributed by atoms with Crippen molar-refractivity contribution in [3.05, 3.63) is 115 Å². The summed E-state index contributed by atoms with van der Waals surface area (Å²) in [6.07, 6.45) is 2.14. The van der Waals surface area contributed by atoms with E-state index in [0.717, 1.165) is 10.8 Å². The fraction of sp³-hybridized carbons (Fsp3) is 0.233. The molecule has 0 bridgehead atoms. The van der Waals surface area contributed by atoms with Gasteiger partial charge in [0.2, 0.25) is 0 Å². The van der Waals surface area contributed by atoms with Crippen LogP contribution in [0.1, 0.15) is 45.4 Å². The highest BCUT2D eigenvalue weighted by Crippen LogP contribution is 2.41. The highest BCUT2D eigenvalue weighted by molar-refractivity contribution is 7.13. The fourth-order valence-corrected chi connectivity index (χ4v) is 11.4. The Labute approximate surface area is 203 Å². The molecule has 0 amide bonds. The largest absolute Gasteiger partial charge is 0.508 e. The molecule has 4 aromatic rings. The van der Waals surface area contributed by atoms with Crippen molar-refractivity contribution in [2.45, 2.75) is 44.8 Å². The third kappa shape index (κ3) is 3.77. The average Bonchev–Trinajstić information content (AvgIpc) is 2.86. The molecule has 0 saturated heterocycles. The molecule has 1 aromatic heterocycles. The Morgan fingerprint density at radius 3 is 1.76 bits per heavy atom. The summed E-state index contributed by atoms with van der Waals surface area (Å²) in [5, 5.41) is 26.9. The minimum atomic E-state index is -2.91. The molecule has 2 N–H and O–H groups in total. The second-order valence-corrected chi connectivity index (χ2v) is 14.5. The number of aromatic hydroxyl groups is 1. The van der Waals surface area contributed by atoms with Crippen molar-refractivity contribution < 1.29 is 10.2 Å². The standard InChI is InChI=1S/C30H33NO2Si/c1-5-30(33,27-21-12-13-22-31-27)25-19-14-20-26(32)28(25)34(29(2,3)4,23-15-8-6-9-16-23)24-17-10-7-11-18-24/h6-22,32-33H,5H2,1-4H3. The predicted octanol–water partition coefficient (Wildman–Crippen LogP) is 4.70. The highest BCUT2D eigenvalue weighted by Gasteiger charge is 2.53. The van der Waals surface area contributed by atoms with Gasteiger partial charge in [-0.1, -0.05) is 107 Å². The van der Waals surface area contributed by atoms with Crippen LogP contribution >= 0.6 is 0 Å². The summed E-state index contributed by atoms with van der Waals surface area (Å²) in [6.45, 7) is 8.72. The number of aliphatic hydroxyl groups is 1. The number of rotatable bonds is 6. The van der Waals surface area contributed by atoms with E-state index in [-0.39, 0.29) is 10.8 Å². The number of hydrogen-bond donors (Lipinski definition) is 2. The normalized spacial score (nSPS) is 13.9. The molecule has 0 saturated carbocycles. The van der Waals surface area contributed by atoms with Crippen molar-refractivity contribution in [1.29, 1.82) is 0 Å². The van der Waals surface area contributed by atoms with Gasteiger partial charge in [-0.15, -0.1) is 0 Å². The molecule has 3 nitrogen and oxygen atoms in total. The molecule has 4 heteroatoms. The number of aromatic nitrogens is 1. The zero-order valence-corrected chi connectivity index (χ0v) is 21.4. The van der Waals surface area contributed by atoms with Gasteiger partial charge in [0, 0.05) is 6.20 Å². The lowest BCUT2D eigenvalue weighted by atomic mass is 9.87. The van der Waals surface area contributed by atoms with E-state index in [1.54, 1.807) is 12.3 Å². The van der Waals surface area contributed by atoms with Crippen molar-refractivity contribution in [2.24, 2.45) is 0 Å². The van der Waals surface area contributed by atoms with Crippen LogP contribution in [-0.4, -0.2) is 23.3 Å². The highest BCUT2D eigenvalue weighted by atomic mass is 28.3. The van der Waals surface area contributed by atoms with Gasteiger partial charge in [0.25, 0.3) is 0 Å². The Morgan fingerprint density at radius 1 is 0.735 bits per heavy atom. The number of phenolic OH excluding ortho intramolecular Hbond substituents is 1. The SMILES string of the molecule is CCC(O)(c1ccccn1)c1cccc(O)c1[Si](c1ccccc1)(c1ccccc1)C(C)(C)C. The summed E-state index contributed by atoms with van der Waals surface area (Å²) in [4.78, 5) is 4.54. The lowest BCUT2D eigenvalue weighted by Gasteiger charge is -2.47. The van der Waals surface area contributed by atoms with Crippen molar-refractivity contribution in [3.63, 3.8) is 0 Å². The molecule has 34 heavy (non-hydrogen) atoms. The predicted molar refractivity (Wildman–Crippen MR) is 143 cm³/mol. The van der Waals surface area contributed by atoms with Gasteiger partial charge in [-0.25, -0.2) is 0 Å². The first-order valence-electron chi connectivity index (χ1n) is 11.8. The topological polar surface area (TPSA) is 53.4 Å². The second-order valence-electron chi connectivity index (χ2n) is 9.86. The molecule has 174 valence electrons. The maximum Gasteiger partial charge on any atom is 0.158 e. The van der Waals surface area contributed by atoms with Gasteiger partial charge in [0.15, 0.2) is 8.07 Å². The van der Waals surface area contributed by atoms with Crippen LogP contribution in [0.2, 0.25) is 5.04 Å². The van der Waals surface area contributed by atoms with Gasteiger partial charge >= 0.3 is 0 Å². The molecule has 3 aromatic carbocycles. The number of pyridine rings is 1. The minimum absolute atomic E-state index is 0.217. The van der Waals surface area contributed by atoms with Crippen LogP contribution in [0.5, 0.6) is 5.75 Å². The van der Waals surface area contributed by atoms with Crippen LogP contribution in [0.3, 0.4) is 0 Å². The molecule has 0 aliphatic carbocycles. The van der Waals surface area contributed by atoms with E-state index in [0.29, 0.717) is 12.1 Å². The second kappa shape index (κ2) is 9.20. The Morgan fingerprint density at radius 2 is 1.29 bits per heavy atom. The number of phenols is 1. The van der Waals surface area contributed by atoms with Crippen molar-refractivity contribution in [2.75, 3.05) is 0 Å². The molecule has 0 fully saturated rings. The van der Waals surface area contributed by atoms with Gasteiger partial charge in [0.05, 0.1) is 5.69 Å². The molecule has 0 spiro atoms. The molecule has 1 atom stereocenters. The quantitative estimate of drug-likeness (QED) is 0.319. The van der Waals surface area contributed by atoms with Gasteiger partial charge in [-0.05, 0) is 50.8 Å². The molecule has 4 rings (SSSR count). The van der Waals surface area contributed by atoms with Crippen molar-refractivity contribution >= 4 is 23.6 Å². The first-order valence-corrected chi connectivity index (χ1v) is 13.8. The number of nitrogens with zero attached hydrogens (tertiary/aromatic N) is 1. The van der Waals surface area contributed by atoms with Crippen LogP contribution in [0.25, 0.3) is 0 Å². The van der Waals surface area contributed by atoms with Gasteiger partial charge in [0.1, 0.15) is 11.4 Å². The van der Waals surface area contributed by atoms with Gasteiger partial charge in [-0.2, -0.15) is 0 Å². The lowest BCUT2D eigenvalue weighted by molar-refractivity contribution is 0.0727. The molecule has 1 heterocycles. The first kappa shape index (κ1) is 23.9. The molecule has 0 radical (unpaired) electrons. The summed E-state index contributed by atoms with van der Waals surface area (Å²) >= 11 is 0. The maximum atomic E-state index is 12.2. The summed E-state index contributed by atoms with van der Waals surface area (Å²) < 4.78 is 0. The van der Waals surface area contributed by atoms with E-state index in [2.05, 4.69) is 74.3 Å².